The van der Waals surface area contributed by atoms with Gasteiger partial charge in [0.25, 0.3) is 0 Å². The van der Waals surface area contributed by atoms with Crippen molar-refractivity contribution < 1.29 is 19.8 Å². The summed E-state index contributed by atoms with van der Waals surface area (Å²) in [5.41, 5.74) is 10.3. The molecule has 70 valence electrons. The molecule has 0 rings (SSSR count). The minimum absolute atomic E-state index is 1.20. The van der Waals surface area contributed by atoms with E-state index < -0.39 is 23.8 Å². The quantitative estimate of drug-likeness (QED) is 0.334. The Hall–Kier alpha value is -1.34. The molecule has 7 nitrogen and oxygen atoms in total. The molecule has 0 aromatic heterocycles. The first kappa shape index (κ1) is 10.7. The number of hydrogen-bond acceptors (Lipinski definition) is 4. The predicted octanol–water partition coefficient (Wildman–Crippen LogP) is -1.45. The van der Waals surface area contributed by atoms with Crippen LogP contribution in [0.1, 0.15) is 6.92 Å². The van der Waals surface area contributed by atoms with E-state index in [1.807, 2.05) is 0 Å². The third-order valence-electron chi connectivity index (χ3n) is 1.41. The van der Waals surface area contributed by atoms with Gasteiger partial charge in [-0.2, -0.15) is 0 Å². The number of hydrogen-bond donors (Lipinski definition) is 5. The summed E-state index contributed by atoms with van der Waals surface area (Å²) in [7, 11) is 0. The lowest BCUT2D eigenvalue weighted by molar-refractivity contribution is -0.143. The van der Waals surface area contributed by atoms with Crippen LogP contribution < -0.4 is 16.8 Å². The first-order valence-electron chi connectivity index (χ1n) is 3.09. The number of carboxylic acid groups (broad SMARTS) is 2. The first-order valence-corrected chi connectivity index (χ1v) is 3.09. The van der Waals surface area contributed by atoms with Crippen LogP contribution in [0.25, 0.3) is 0 Å². The summed E-state index contributed by atoms with van der Waals surface area (Å²) in [5, 5.41) is 18.3. The van der Waals surface area contributed by atoms with Crippen molar-refractivity contribution in [3.8, 4) is 0 Å². The molecule has 7 heteroatoms. The summed E-state index contributed by atoms with van der Waals surface area (Å²) in [5.74, 6) is -4.42. The summed E-state index contributed by atoms with van der Waals surface area (Å²) in [6.07, 6.45) is -1.46. The summed E-state index contributed by atoms with van der Waals surface area (Å²) >= 11 is 0. The van der Waals surface area contributed by atoms with Crippen molar-refractivity contribution in [2.24, 2.45) is 17.4 Å². The van der Waals surface area contributed by atoms with Crippen LogP contribution in [0.5, 0.6) is 0 Å². The summed E-state index contributed by atoms with van der Waals surface area (Å²) in [6.45, 7) is 1.21. The summed E-state index contributed by atoms with van der Waals surface area (Å²) in [6, 6.07) is 0. The highest BCUT2D eigenvalue weighted by atomic mass is 16.4. The van der Waals surface area contributed by atoms with E-state index in [2.05, 4.69) is 0 Å². The molecular weight excluding hydrogens is 166 g/mol. The van der Waals surface area contributed by atoms with Gasteiger partial charge in [-0.3, -0.25) is 21.6 Å². The van der Waals surface area contributed by atoms with Crippen LogP contribution >= 0.6 is 0 Å². The molecule has 0 aliphatic carbocycles. The molecule has 0 radical (unpaired) electrons. The van der Waals surface area contributed by atoms with E-state index in [0.717, 1.165) is 0 Å². The van der Waals surface area contributed by atoms with Crippen molar-refractivity contribution in [3.05, 3.63) is 0 Å². The fourth-order valence-electron chi connectivity index (χ4n) is 0.498. The van der Waals surface area contributed by atoms with Gasteiger partial charge in [0.2, 0.25) is 0 Å². The Morgan fingerprint density at radius 2 is 1.83 bits per heavy atom. The van der Waals surface area contributed by atoms with Crippen molar-refractivity contribution in [2.75, 3.05) is 0 Å². The Balaban J connectivity index is 4.38. The van der Waals surface area contributed by atoms with Crippen LogP contribution in [-0.4, -0.2) is 28.1 Å². The fourth-order valence-corrected chi connectivity index (χ4v) is 0.498. The molecular formula is C5H11N3O4. The van der Waals surface area contributed by atoms with Gasteiger partial charge >= 0.3 is 12.1 Å². The van der Waals surface area contributed by atoms with Crippen LogP contribution in [0.2, 0.25) is 0 Å². The van der Waals surface area contributed by atoms with E-state index in [1.165, 1.54) is 6.92 Å². The molecule has 0 bridgehead atoms. The zero-order valence-corrected chi connectivity index (χ0v) is 6.44. The number of nitrogens with two attached hydrogens (primary N) is 2. The van der Waals surface area contributed by atoms with Crippen LogP contribution in [0.4, 0.5) is 4.79 Å². The number of carboxylic acids is 1. The summed E-state index contributed by atoms with van der Waals surface area (Å²) in [4.78, 5) is 20.4. The van der Waals surface area contributed by atoms with Gasteiger partial charge in [0.1, 0.15) is 5.92 Å². The van der Waals surface area contributed by atoms with E-state index in [0.29, 0.717) is 0 Å². The van der Waals surface area contributed by atoms with Crippen LogP contribution in [0, 0.1) is 5.92 Å². The molecule has 0 fully saturated rings. The Morgan fingerprint density at radius 1 is 1.42 bits per heavy atom. The van der Waals surface area contributed by atoms with Crippen molar-refractivity contribution in [3.63, 3.8) is 0 Å². The van der Waals surface area contributed by atoms with Gasteiger partial charge in [0, 0.05) is 0 Å². The molecule has 0 saturated carbocycles. The van der Waals surface area contributed by atoms with E-state index in [4.69, 9.17) is 21.7 Å². The van der Waals surface area contributed by atoms with Gasteiger partial charge in [-0.1, -0.05) is 0 Å². The SMILES string of the molecule is CC(C(=O)O)C(N)(N)NC(=O)O. The molecule has 1 atom stereocenters. The topological polar surface area (TPSA) is 139 Å². The van der Waals surface area contributed by atoms with E-state index >= 15 is 0 Å². The van der Waals surface area contributed by atoms with Gasteiger partial charge in [0.15, 0.2) is 5.79 Å². The largest absolute Gasteiger partial charge is 0.481 e. The summed E-state index contributed by atoms with van der Waals surface area (Å²) < 4.78 is 0. The molecule has 1 amide bonds. The average molecular weight is 177 g/mol. The normalized spacial score (nSPS) is 13.6. The second kappa shape index (κ2) is 3.37. The highest BCUT2D eigenvalue weighted by molar-refractivity contribution is 5.73. The third-order valence-corrected chi connectivity index (χ3v) is 1.41. The number of amides is 1. The maximum absolute atomic E-state index is 10.3. The van der Waals surface area contributed by atoms with Gasteiger partial charge in [-0.05, 0) is 6.92 Å². The Labute approximate surface area is 68.3 Å². The average Bonchev–Trinajstić information content (AvgIpc) is 1.82. The molecule has 0 aromatic carbocycles. The van der Waals surface area contributed by atoms with Gasteiger partial charge in [-0.25, -0.2) is 4.79 Å². The Bertz CT molecular complexity index is 203. The molecule has 7 N–H and O–H groups in total. The number of aliphatic carboxylic acids is 1. The minimum atomic E-state index is -1.95. The van der Waals surface area contributed by atoms with Crippen LogP contribution in [-0.2, 0) is 4.79 Å². The van der Waals surface area contributed by atoms with Crippen LogP contribution in [0.3, 0.4) is 0 Å². The number of rotatable bonds is 3. The molecule has 0 aliphatic heterocycles. The van der Waals surface area contributed by atoms with Crippen LogP contribution in [0.15, 0.2) is 0 Å². The highest BCUT2D eigenvalue weighted by Crippen LogP contribution is 2.04. The Morgan fingerprint density at radius 3 is 2.08 bits per heavy atom. The zero-order valence-electron chi connectivity index (χ0n) is 6.44. The lowest BCUT2D eigenvalue weighted by atomic mass is 10.1. The standard InChI is InChI=1S/C5H11N3O4/c1-2(3(9)10)5(6,7)8-4(11)12/h2,8H,6-7H2,1H3,(H,9,10)(H,11,12). The molecule has 0 spiro atoms. The first-order chi connectivity index (χ1) is 5.27. The third kappa shape index (κ3) is 2.72. The van der Waals surface area contributed by atoms with E-state index in [9.17, 15) is 9.59 Å². The smallest absolute Gasteiger partial charge is 0.407 e. The minimum Gasteiger partial charge on any atom is -0.481 e. The van der Waals surface area contributed by atoms with Crippen molar-refractivity contribution in [1.82, 2.24) is 5.32 Å². The van der Waals surface area contributed by atoms with Gasteiger partial charge in [-0.15, -0.1) is 0 Å². The fraction of sp³-hybridized carbons (Fsp3) is 0.600. The molecule has 1 unspecified atom stereocenters. The van der Waals surface area contributed by atoms with Crippen molar-refractivity contribution >= 4 is 12.1 Å². The lowest BCUT2D eigenvalue weighted by Gasteiger charge is -2.27. The number of nitrogens with one attached hydrogen (secondary N) is 1. The van der Waals surface area contributed by atoms with Gasteiger partial charge in [0.05, 0.1) is 0 Å². The Kier molecular flexibility index (Phi) is 2.99. The van der Waals surface area contributed by atoms with Crippen molar-refractivity contribution in [1.29, 1.82) is 0 Å². The zero-order chi connectivity index (χ0) is 9.94. The monoisotopic (exact) mass is 177 g/mol. The molecule has 12 heavy (non-hydrogen) atoms. The van der Waals surface area contributed by atoms with Gasteiger partial charge < -0.3 is 10.2 Å². The maximum Gasteiger partial charge on any atom is 0.407 e. The second-order valence-corrected chi connectivity index (χ2v) is 2.42. The van der Waals surface area contributed by atoms with E-state index in [1.54, 1.807) is 5.32 Å². The van der Waals surface area contributed by atoms with E-state index in [-0.39, 0.29) is 0 Å². The molecule has 0 aromatic rings. The second-order valence-electron chi connectivity index (χ2n) is 2.42. The lowest BCUT2D eigenvalue weighted by Crippen LogP contribution is -2.68. The maximum atomic E-state index is 10.3. The predicted molar refractivity (Wildman–Crippen MR) is 39.1 cm³/mol. The molecule has 0 saturated heterocycles. The molecule has 0 aliphatic rings. The van der Waals surface area contributed by atoms with Crippen molar-refractivity contribution in [2.45, 2.75) is 12.7 Å². The number of carbonyl (C=O) groups is 2. The highest BCUT2D eigenvalue weighted by Gasteiger charge is 2.34. The molecule has 0 heterocycles.